The van der Waals surface area contributed by atoms with E-state index in [0.29, 0.717) is 16.5 Å². The summed E-state index contributed by atoms with van der Waals surface area (Å²) >= 11 is 1.84. The molecule has 0 bridgehead atoms. The van der Waals surface area contributed by atoms with Crippen molar-refractivity contribution < 1.29 is 4.79 Å². The van der Waals surface area contributed by atoms with Crippen LogP contribution in [0.15, 0.2) is 12.3 Å². The molecule has 0 aromatic carbocycles. The summed E-state index contributed by atoms with van der Waals surface area (Å²) in [5.41, 5.74) is 7.70. The Hall–Kier alpha value is -1.23. The zero-order valence-corrected chi connectivity index (χ0v) is 12.3. The third-order valence-corrected chi connectivity index (χ3v) is 4.81. The van der Waals surface area contributed by atoms with Crippen molar-refractivity contribution in [2.45, 2.75) is 43.9 Å². The number of thioether (sulfide) groups is 1. The lowest BCUT2D eigenvalue weighted by Gasteiger charge is -2.31. The monoisotopic (exact) mass is 279 g/mol. The van der Waals surface area contributed by atoms with Gasteiger partial charge in [-0.3, -0.25) is 9.78 Å². The van der Waals surface area contributed by atoms with E-state index in [2.05, 4.69) is 16.6 Å². The molecule has 19 heavy (non-hydrogen) atoms. The summed E-state index contributed by atoms with van der Waals surface area (Å²) in [5, 5.41) is 3.63. The Labute approximate surface area is 118 Å². The van der Waals surface area contributed by atoms with Gasteiger partial charge in [-0.15, -0.1) is 0 Å². The van der Waals surface area contributed by atoms with Crippen LogP contribution in [0.2, 0.25) is 0 Å². The molecule has 1 aliphatic carbocycles. The summed E-state index contributed by atoms with van der Waals surface area (Å²) in [6.45, 7) is 1.86. The Morgan fingerprint density at radius 3 is 2.89 bits per heavy atom. The van der Waals surface area contributed by atoms with E-state index >= 15 is 0 Å². The van der Waals surface area contributed by atoms with Crippen molar-refractivity contribution in [3.63, 3.8) is 0 Å². The minimum absolute atomic E-state index is 0.101. The number of amides is 1. The van der Waals surface area contributed by atoms with E-state index in [1.54, 1.807) is 12.3 Å². The Morgan fingerprint density at radius 2 is 2.21 bits per heavy atom. The van der Waals surface area contributed by atoms with Gasteiger partial charge in [-0.2, -0.15) is 11.8 Å². The van der Waals surface area contributed by atoms with Crippen molar-refractivity contribution in [2.24, 2.45) is 0 Å². The first-order valence-electron chi connectivity index (χ1n) is 6.67. The molecular formula is C14H21N3OS. The molecule has 5 heteroatoms. The lowest BCUT2D eigenvalue weighted by Crippen LogP contribution is -2.43. The van der Waals surface area contributed by atoms with E-state index in [4.69, 9.17) is 5.73 Å². The Morgan fingerprint density at radius 1 is 1.47 bits per heavy atom. The molecule has 0 aliphatic heterocycles. The molecule has 1 amide bonds. The smallest absolute Gasteiger partial charge is 0.255 e. The molecule has 104 valence electrons. The van der Waals surface area contributed by atoms with Crippen molar-refractivity contribution in [2.75, 3.05) is 12.0 Å². The van der Waals surface area contributed by atoms with E-state index in [-0.39, 0.29) is 11.9 Å². The molecule has 0 spiro atoms. The zero-order valence-electron chi connectivity index (χ0n) is 11.5. The van der Waals surface area contributed by atoms with Crippen molar-refractivity contribution in [3.05, 3.63) is 23.5 Å². The number of rotatable bonds is 3. The van der Waals surface area contributed by atoms with Crippen molar-refractivity contribution in [1.29, 1.82) is 0 Å². The Bertz CT molecular complexity index is 464. The van der Waals surface area contributed by atoms with Crippen LogP contribution in [0, 0.1) is 6.92 Å². The highest BCUT2D eigenvalue weighted by Crippen LogP contribution is 2.27. The number of anilines is 1. The van der Waals surface area contributed by atoms with E-state index in [0.717, 1.165) is 12.1 Å². The molecule has 0 radical (unpaired) electrons. The van der Waals surface area contributed by atoms with Gasteiger partial charge < -0.3 is 11.1 Å². The van der Waals surface area contributed by atoms with Gasteiger partial charge >= 0.3 is 0 Å². The SMILES string of the molecule is CSC1CCCCC1NC(=O)c1cnc(C)cc1N. The van der Waals surface area contributed by atoms with E-state index < -0.39 is 0 Å². The average molecular weight is 279 g/mol. The maximum absolute atomic E-state index is 12.3. The van der Waals surface area contributed by atoms with Crippen LogP contribution in [0.3, 0.4) is 0 Å². The minimum atomic E-state index is -0.101. The molecule has 3 N–H and O–H groups in total. The van der Waals surface area contributed by atoms with E-state index in [1.807, 2.05) is 18.7 Å². The second-order valence-electron chi connectivity index (χ2n) is 5.05. The number of carbonyl (C=O) groups excluding carboxylic acids is 1. The first kappa shape index (κ1) is 14.2. The number of nitrogens with two attached hydrogens (primary N) is 1. The van der Waals surface area contributed by atoms with Crippen LogP contribution in [0.1, 0.15) is 41.7 Å². The van der Waals surface area contributed by atoms with Gasteiger partial charge in [0.15, 0.2) is 0 Å². The number of nitrogens with zero attached hydrogens (tertiary/aromatic N) is 1. The fourth-order valence-electron chi connectivity index (χ4n) is 2.56. The molecule has 1 aromatic rings. The molecule has 1 aliphatic rings. The molecule has 0 saturated heterocycles. The normalized spacial score (nSPS) is 23.1. The van der Waals surface area contributed by atoms with Crippen LogP contribution < -0.4 is 11.1 Å². The van der Waals surface area contributed by atoms with E-state index in [9.17, 15) is 4.79 Å². The van der Waals surface area contributed by atoms with Gasteiger partial charge in [-0.25, -0.2) is 0 Å². The molecule has 1 fully saturated rings. The highest BCUT2D eigenvalue weighted by Gasteiger charge is 2.26. The maximum atomic E-state index is 12.3. The highest BCUT2D eigenvalue weighted by atomic mass is 32.2. The largest absolute Gasteiger partial charge is 0.398 e. The van der Waals surface area contributed by atoms with E-state index in [1.165, 1.54) is 19.3 Å². The lowest BCUT2D eigenvalue weighted by molar-refractivity contribution is 0.0930. The molecular weight excluding hydrogens is 258 g/mol. The summed E-state index contributed by atoms with van der Waals surface area (Å²) in [6, 6.07) is 1.99. The highest BCUT2D eigenvalue weighted by molar-refractivity contribution is 7.99. The molecule has 4 nitrogen and oxygen atoms in total. The molecule has 2 rings (SSSR count). The van der Waals surface area contributed by atoms with Gasteiger partial charge in [0.1, 0.15) is 0 Å². The molecule has 1 saturated carbocycles. The Kier molecular flexibility index (Phi) is 4.69. The van der Waals surface area contributed by atoms with Gasteiger partial charge in [0.25, 0.3) is 5.91 Å². The van der Waals surface area contributed by atoms with Gasteiger partial charge in [0, 0.05) is 28.9 Å². The van der Waals surface area contributed by atoms with Crippen LogP contribution in [0.4, 0.5) is 5.69 Å². The standard InChI is InChI=1S/C14H21N3OS/c1-9-7-11(15)10(8-16-9)14(18)17-12-5-3-4-6-13(12)19-2/h7-8,12-13H,3-6H2,1-2H3,(H2,15,16)(H,17,18). The van der Waals surface area contributed by atoms with Crippen LogP contribution in [0.5, 0.6) is 0 Å². The predicted octanol–water partition coefficient (Wildman–Crippen LogP) is 2.38. The summed E-state index contributed by atoms with van der Waals surface area (Å²) < 4.78 is 0. The number of nitrogen functional groups attached to an aromatic ring is 1. The number of pyridine rings is 1. The lowest BCUT2D eigenvalue weighted by atomic mass is 9.94. The first-order chi connectivity index (χ1) is 9.11. The van der Waals surface area contributed by atoms with Gasteiger partial charge in [-0.1, -0.05) is 12.8 Å². The average Bonchev–Trinajstić information content (AvgIpc) is 2.39. The number of hydrogen-bond acceptors (Lipinski definition) is 4. The first-order valence-corrected chi connectivity index (χ1v) is 7.96. The summed E-state index contributed by atoms with van der Waals surface area (Å²) in [4.78, 5) is 16.4. The summed E-state index contributed by atoms with van der Waals surface area (Å²) in [6.07, 6.45) is 8.34. The fourth-order valence-corrected chi connectivity index (χ4v) is 3.50. The van der Waals surface area contributed by atoms with Gasteiger partial charge in [0.2, 0.25) is 0 Å². The molecule has 2 atom stereocenters. The second kappa shape index (κ2) is 6.28. The summed E-state index contributed by atoms with van der Waals surface area (Å²) in [7, 11) is 0. The fraction of sp³-hybridized carbons (Fsp3) is 0.571. The van der Waals surface area contributed by atoms with Crippen molar-refractivity contribution >= 4 is 23.4 Å². The maximum Gasteiger partial charge on any atom is 0.255 e. The number of aromatic nitrogens is 1. The quantitative estimate of drug-likeness (QED) is 0.891. The third kappa shape index (κ3) is 3.41. The van der Waals surface area contributed by atoms with Crippen molar-refractivity contribution in [3.8, 4) is 0 Å². The molecule has 1 aromatic heterocycles. The topological polar surface area (TPSA) is 68.0 Å². The van der Waals surface area contributed by atoms with Crippen LogP contribution in [-0.2, 0) is 0 Å². The van der Waals surface area contributed by atoms with Crippen LogP contribution in [0.25, 0.3) is 0 Å². The number of carbonyl (C=O) groups is 1. The van der Waals surface area contributed by atoms with Gasteiger partial charge in [-0.05, 0) is 32.1 Å². The zero-order chi connectivity index (χ0) is 13.8. The Balaban J connectivity index is 2.07. The predicted molar refractivity (Wildman–Crippen MR) is 80.4 cm³/mol. The summed E-state index contributed by atoms with van der Waals surface area (Å²) in [5.74, 6) is -0.101. The number of hydrogen-bond donors (Lipinski definition) is 2. The van der Waals surface area contributed by atoms with Crippen LogP contribution in [-0.4, -0.2) is 28.4 Å². The molecule has 2 unspecified atom stereocenters. The molecule has 1 heterocycles. The second-order valence-corrected chi connectivity index (χ2v) is 6.13. The number of nitrogens with one attached hydrogen (secondary N) is 1. The van der Waals surface area contributed by atoms with Crippen molar-refractivity contribution in [1.82, 2.24) is 10.3 Å². The third-order valence-electron chi connectivity index (χ3n) is 3.64. The minimum Gasteiger partial charge on any atom is -0.398 e. The van der Waals surface area contributed by atoms with Crippen LogP contribution >= 0.6 is 11.8 Å². The number of aryl methyl sites for hydroxylation is 1. The van der Waals surface area contributed by atoms with Gasteiger partial charge in [0.05, 0.1) is 5.56 Å².